The van der Waals surface area contributed by atoms with Crippen LogP contribution in [0.5, 0.6) is 0 Å². The maximum absolute atomic E-state index is 13.3. The monoisotopic (exact) mass is 340 g/mol. The van der Waals surface area contributed by atoms with Crippen molar-refractivity contribution in [2.45, 2.75) is 19.3 Å². The van der Waals surface area contributed by atoms with E-state index in [1.54, 1.807) is 36.4 Å². The number of halogens is 1. The van der Waals surface area contributed by atoms with Gasteiger partial charge in [0, 0.05) is 24.2 Å². The van der Waals surface area contributed by atoms with E-state index in [-0.39, 0.29) is 11.7 Å². The van der Waals surface area contributed by atoms with Gasteiger partial charge in [0.2, 0.25) is 5.91 Å². The van der Waals surface area contributed by atoms with Crippen molar-refractivity contribution in [1.29, 1.82) is 0 Å². The average Bonchev–Trinajstić information content (AvgIpc) is 2.62. The molecule has 0 radical (unpaired) electrons. The largest absolute Gasteiger partial charge is 0.366 e. The summed E-state index contributed by atoms with van der Waals surface area (Å²) in [5.41, 5.74) is 7.10. The topological polar surface area (TPSA) is 63.4 Å². The van der Waals surface area contributed by atoms with Crippen molar-refractivity contribution in [3.8, 4) is 0 Å². The number of primary amides is 1. The normalized spacial score (nSPS) is 15.2. The highest BCUT2D eigenvalue weighted by molar-refractivity contribution is 5.99. The molecular formula is C20H21FN2O2. The fourth-order valence-electron chi connectivity index (χ4n) is 3.33. The van der Waals surface area contributed by atoms with Gasteiger partial charge in [-0.25, -0.2) is 4.39 Å². The van der Waals surface area contributed by atoms with Gasteiger partial charge in [0.05, 0.1) is 0 Å². The minimum absolute atomic E-state index is 0.0766. The van der Waals surface area contributed by atoms with Gasteiger partial charge in [-0.3, -0.25) is 9.59 Å². The summed E-state index contributed by atoms with van der Waals surface area (Å²) in [5, 5.41) is 0. The Labute approximate surface area is 146 Å². The van der Waals surface area contributed by atoms with E-state index in [0.717, 1.165) is 24.8 Å². The van der Waals surface area contributed by atoms with Crippen LogP contribution in [0, 0.1) is 11.7 Å². The van der Waals surface area contributed by atoms with E-state index >= 15 is 0 Å². The Hall–Kier alpha value is -2.69. The van der Waals surface area contributed by atoms with Crippen LogP contribution in [0.2, 0.25) is 0 Å². The standard InChI is InChI=1S/C20H21FN2O2/c21-18-6-1-3-15(12-18)11-14-7-9-23(10-8-14)20(25)17-5-2-4-16(13-17)19(22)24/h1-6,12-14H,7-11H2,(H2,22,24). The minimum atomic E-state index is -0.538. The van der Waals surface area contributed by atoms with Gasteiger partial charge in [0.25, 0.3) is 5.91 Å². The predicted molar refractivity (Wildman–Crippen MR) is 93.7 cm³/mol. The predicted octanol–water partition coefficient (Wildman–Crippen LogP) is 3.02. The molecule has 0 aromatic heterocycles. The number of nitrogens with zero attached hydrogens (tertiary/aromatic N) is 1. The molecule has 0 spiro atoms. The SMILES string of the molecule is NC(=O)c1cccc(C(=O)N2CCC(Cc3cccc(F)c3)CC2)c1. The van der Waals surface area contributed by atoms with Gasteiger partial charge in [-0.2, -0.15) is 0 Å². The van der Waals surface area contributed by atoms with Crippen LogP contribution in [0.3, 0.4) is 0 Å². The summed E-state index contributed by atoms with van der Waals surface area (Å²) in [5.74, 6) is -0.377. The summed E-state index contributed by atoms with van der Waals surface area (Å²) in [6, 6.07) is 13.2. The number of hydrogen-bond acceptors (Lipinski definition) is 2. The third-order valence-corrected chi connectivity index (χ3v) is 4.71. The van der Waals surface area contributed by atoms with E-state index in [0.29, 0.717) is 30.1 Å². The Morgan fingerprint density at radius 1 is 1.04 bits per heavy atom. The molecule has 3 rings (SSSR count). The van der Waals surface area contributed by atoms with E-state index in [2.05, 4.69) is 0 Å². The lowest BCUT2D eigenvalue weighted by Crippen LogP contribution is -2.39. The number of nitrogens with two attached hydrogens (primary N) is 1. The van der Waals surface area contributed by atoms with Crippen LogP contribution in [0.25, 0.3) is 0 Å². The number of amides is 2. The number of hydrogen-bond donors (Lipinski definition) is 1. The third-order valence-electron chi connectivity index (χ3n) is 4.71. The van der Waals surface area contributed by atoms with E-state index in [1.165, 1.54) is 6.07 Å². The first-order valence-corrected chi connectivity index (χ1v) is 8.46. The summed E-state index contributed by atoms with van der Waals surface area (Å²) in [6.45, 7) is 1.33. The average molecular weight is 340 g/mol. The lowest BCUT2D eigenvalue weighted by Gasteiger charge is -2.32. The second kappa shape index (κ2) is 7.47. The van der Waals surface area contributed by atoms with Crippen LogP contribution in [0.15, 0.2) is 48.5 Å². The first-order chi connectivity index (χ1) is 12.0. The van der Waals surface area contributed by atoms with Crippen molar-refractivity contribution in [3.05, 3.63) is 71.0 Å². The number of carbonyl (C=O) groups excluding carboxylic acids is 2. The Morgan fingerprint density at radius 2 is 1.72 bits per heavy atom. The number of likely N-dealkylation sites (tertiary alicyclic amines) is 1. The molecule has 1 aliphatic rings. The lowest BCUT2D eigenvalue weighted by atomic mass is 9.90. The number of carbonyl (C=O) groups is 2. The van der Waals surface area contributed by atoms with E-state index < -0.39 is 5.91 Å². The fraction of sp³-hybridized carbons (Fsp3) is 0.300. The van der Waals surface area contributed by atoms with E-state index in [4.69, 9.17) is 5.73 Å². The molecule has 2 N–H and O–H groups in total. The molecule has 130 valence electrons. The van der Waals surface area contributed by atoms with Gasteiger partial charge in [-0.05, 0) is 61.1 Å². The first-order valence-electron chi connectivity index (χ1n) is 8.46. The smallest absolute Gasteiger partial charge is 0.253 e. The fourth-order valence-corrected chi connectivity index (χ4v) is 3.33. The maximum atomic E-state index is 13.3. The van der Waals surface area contributed by atoms with Crippen molar-refractivity contribution in [3.63, 3.8) is 0 Å². The molecule has 2 aromatic carbocycles. The van der Waals surface area contributed by atoms with Crippen LogP contribution in [-0.4, -0.2) is 29.8 Å². The highest BCUT2D eigenvalue weighted by Crippen LogP contribution is 2.23. The highest BCUT2D eigenvalue weighted by Gasteiger charge is 2.24. The zero-order valence-corrected chi connectivity index (χ0v) is 14.0. The van der Waals surface area contributed by atoms with Crippen molar-refractivity contribution >= 4 is 11.8 Å². The van der Waals surface area contributed by atoms with Gasteiger partial charge in [0.15, 0.2) is 0 Å². The third kappa shape index (κ3) is 4.24. The van der Waals surface area contributed by atoms with Crippen molar-refractivity contribution < 1.29 is 14.0 Å². The minimum Gasteiger partial charge on any atom is -0.366 e. The Morgan fingerprint density at radius 3 is 2.40 bits per heavy atom. The summed E-state index contributed by atoms with van der Waals surface area (Å²) in [4.78, 5) is 25.7. The number of rotatable bonds is 4. The van der Waals surface area contributed by atoms with Gasteiger partial charge in [0.1, 0.15) is 5.82 Å². The van der Waals surface area contributed by atoms with Crippen molar-refractivity contribution in [1.82, 2.24) is 4.90 Å². The van der Waals surface area contributed by atoms with Gasteiger partial charge >= 0.3 is 0 Å². The molecule has 4 nitrogen and oxygen atoms in total. The van der Waals surface area contributed by atoms with Gasteiger partial charge < -0.3 is 10.6 Å². The van der Waals surface area contributed by atoms with Crippen molar-refractivity contribution in [2.24, 2.45) is 11.7 Å². The molecular weight excluding hydrogens is 319 g/mol. The molecule has 0 bridgehead atoms. The zero-order valence-electron chi connectivity index (χ0n) is 14.0. The number of piperidine rings is 1. The Balaban J connectivity index is 1.59. The quantitative estimate of drug-likeness (QED) is 0.930. The molecule has 1 aliphatic heterocycles. The first kappa shape index (κ1) is 17.1. The van der Waals surface area contributed by atoms with Crippen LogP contribution in [-0.2, 0) is 6.42 Å². The maximum Gasteiger partial charge on any atom is 0.253 e. The molecule has 0 aliphatic carbocycles. The summed E-state index contributed by atoms with van der Waals surface area (Å²) in [6.07, 6.45) is 2.60. The number of benzene rings is 2. The highest BCUT2D eigenvalue weighted by atomic mass is 19.1. The molecule has 2 aromatic rings. The van der Waals surface area contributed by atoms with E-state index in [1.807, 2.05) is 11.0 Å². The Kier molecular flexibility index (Phi) is 5.12. The molecule has 2 amide bonds. The van der Waals surface area contributed by atoms with Crippen LogP contribution < -0.4 is 5.73 Å². The van der Waals surface area contributed by atoms with Gasteiger partial charge in [-0.1, -0.05) is 18.2 Å². The Bertz CT molecular complexity index is 783. The van der Waals surface area contributed by atoms with Crippen LogP contribution in [0.4, 0.5) is 4.39 Å². The molecule has 0 saturated carbocycles. The summed E-state index contributed by atoms with van der Waals surface area (Å²) in [7, 11) is 0. The zero-order chi connectivity index (χ0) is 17.8. The molecule has 1 saturated heterocycles. The molecule has 0 atom stereocenters. The summed E-state index contributed by atoms with van der Waals surface area (Å²) < 4.78 is 13.3. The molecule has 25 heavy (non-hydrogen) atoms. The van der Waals surface area contributed by atoms with Crippen LogP contribution in [0.1, 0.15) is 39.1 Å². The van der Waals surface area contributed by atoms with E-state index in [9.17, 15) is 14.0 Å². The summed E-state index contributed by atoms with van der Waals surface area (Å²) >= 11 is 0. The van der Waals surface area contributed by atoms with Crippen LogP contribution >= 0.6 is 0 Å². The van der Waals surface area contributed by atoms with Gasteiger partial charge in [-0.15, -0.1) is 0 Å². The molecule has 0 unspecified atom stereocenters. The lowest BCUT2D eigenvalue weighted by molar-refractivity contribution is 0.0690. The molecule has 1 fully saturated rings. The molecule has 1 heterocycles. The second-order valence-corrected chi connectivity index (χ2v) is 6.51. The molecule has 5 heteroatoms. The second-order valence-electron chi connectivity index (χ2n) is 6.51. The van der Waals surface area contributed by atoms with Crippen molar-refractivity contribution in [2.75, 3.05) is 13.1 Å².